The number of hydrogen-bond acceptors (Lipinski definition) is 6. The van der Waals surface area contributed by atoms with Gasteiger partial charge in [-0.25, -0.2) is 4.79 Å². The Labute approximate surface area is 172 Å². The van der Waals surface area contributed by atoms with Crippen molar-refractivity contribution in [2.45, 2.75) is 71.3 Å². The third-order valence-corrected chi connectivity index (χ3v) is 4.10. The molecule has 0 aromatic heterocycles. The average Bonchev–Trinajstić information content (AvgIpc) is 3.43. The number of ether oxygens (including phenoxy) is 4. The molecule has 2 amide bonds. The number of benzene rings is 1. The van der Waals surface area contributed by atoms with Crippen LogP contribution in [0.1, 0.15) is 40.2 Å². The van der Waals surface area contributed by atoms with E-state index in [4.69, 9.17) is 18.9 Å². The molecule has 1 aromatic rings. The van der Waals surface area contributed by atoms with Crippen LogP contribution in [-0.2, 0) is 30.3 Å². The van der Waals surface area contributed by atoms with E-state index < -0.39 is 36.2 Å². The Morgan fingerprint density at radius 3 is 2.48 bits per heavy atom. The quantitative estimate of drug-likeness (QED) is 0.456. The molecule has 1 unspecified atom stereocenters. The Morgan fingerprint density at radius 1 is 1.17 bits per heavy atom. The lowest BCUT2D eigenvalue weighted by atomic mass is 10.1. The third-order valence-electron chi connectivity index (χ3n) is 4.10. The molecule has 4 atom stereocenters. The van der Waals surface area contributed by atoms with Crippen molar-refractivity contribution in [2.24, 2.45) is 0 Å². The zero-order valence-corrected chi connectivity index (χ0v) is 17.8. The molecule has 1 aromatic carbocycles. The minimum atomic E-state index is -0.648. The molecular weight excluding hydrogens is 376 g/mol. The fourth-order valence-corrected chi connectivity index (χ4v) is 2.73. The van der Waals surface area contributed by atoms with Gasteiger partial charge in [-0.15, -0.1) is 0 Å². The highest BCUT2D eigenvalue weighted by Gasteiger charge is 2.50. The molecule has 0 radical (unpaired) electrons. The number of rotatable bonds is 10. The fourth-order valence-electron chi connectivity index (χ4n) is 2.73. The normalized spacial score (nSPS) is 20.4. The van der Waals surface area contributed by atoms with Gasteiger partial charge in [0.1, 0.15) is 11.7 Å². The summed E-state index contributed by atoms with van der Waals surface area (Å²) in [5, 5.41) is 5.59. The number of nitrogens with one attached hydrogen (secondary N) is 2. The summed E-state index contributed by atoms with van der Waals surface area (Å²) in [6.45, 7) is 10.0. The van der Waals surface area contributed by atoms with Crippen LogP contribution in [0.25, 0.3) is 0 Å². The van der Waals surface area contributed by atoms with Crippen molar-refractivity contribution in [3.05, 3.63) is 35.9 Å². The highest BCUT2D eigenvalue weighted by molar-refractivity contribution is 5.84. The predicted octanol–water partition coefficient (Wildman–Crippen LogP) is 2.36. The fraction of sp³-hybridized carbons (Fsp3) is 0.619. The first-order chi connectivity index (χ1) is 13.7. The van der Waals surface area contributed by atoms with Crippen LogP contribution in [0.4, 0.5) is 4.79 Å². The van der Waals surface area contributed by atoms with Gasteiger partial charge in [-0.3, -0.25) is 4.79 Å². The number of amides is 2. The van der Waals surface area contributed by atoms with Crippen LogP contribution in [0.5, 0.6) is 0 Å². The molecule has 0 aliphatic carbocycles. The van der Waals surface area contributed by atoms with Crippen molar-refractivity contribution < 1.29 is 28.5 Å². The Hall–Kier alpha value is -2.16. The third kappa shape index (κ3) is 8.39. The van der Waals surface area contributed by atoms with E-state index in [0.29, 0.717) is 13.2 Å². The predicted molar refractivity (Wildman–Crippen MR) is 107 cm³/mol. The van der Waals surface area contributed by atoms with Gasteiger partial charge in [-0.1, -0.05) is 30.3 Å². The summed E-state index contributed by atoms with van der Waals surface area (Å²) in [5.41, 5.74) is 0.362. The Balaban J connectivity index is 1.90. The summed E-state index contributed by atoms with van der Waals surface area (Å²) in [5.74, 6) is -0.229. The molecule has 8 nitrogen and oxygen atoms in total. The van der Waals surface area contributed by atoms with Crippen molar-refractivity contribution in [1.29, 1.82) is 0 Å². The van der Waals surface area contributed by atoms with E-state index in [1.54, 1.807) is 27.7 Å². The van der Waals surface area contributed by atoms with Gasteiger partial charge in [-0.05, 0) is 40.2 Å². The molecule has 0 spiro atoms. The van der Waals surface area contributed by atoms with Crippen molar-refractivity contribution in [3.8, 4) is 0 Å². The number of alkyl carbamates (subject to hydrolysis) is 1. The molecule has 0 saturated carbocycles. The van der Waals surface area contributed by atoms with Gasteiger partial charge in [-0.2, -0.15) is 0 Å². The molecule has 2 rings (SSSR count). The van der Waals surface area contributed by atoms with E-state index in [1.807, 2.05) is 37.3 Å². The van der Waals surface area contributed by atoms with Crippen molar-refractivity contribution in [2.75, 3.05) is 13.2 Å². The first-order valence-corrected chi connectivity index (χ1v) is 9.89. The van der Waals surface area contributed by atoms with Gasteiger partial charge < -0.3 is 29.6 Å². The highest BCUT2D eigenvalue weighted by Crippen LogP contribution is 2.27. The summed E-state index contributed by atoms with van der Waals surface area (Å²) in [6.07, 6.45) is -2.17. The van der Waals surface area contributed by atoms with Crippen LogP contribution in [0.2, 0.25) is 0 Å². The van der Waals surface area contributed by atoms with Gasteiger partial charge in [0.25, 0.3) is 5.91 Å². The van der Waals surface area contributed by atoms with Crippen LogP contribution in [-0.4, -0.2) is 55.4 Å². The van der Waals surface area contributed by atoms with Gasteiger partial charge in [0.2, 0.25) is 0 Å². The molecule has 1 saturated heterocycles. The summed E-state index contributed by atoms with van der Waals surface area (Å²) in [4.78, 5) is 24.6. The molecule has 1 fully saturated rings. The number of carbonyl (C=O) groups excluding carboxylic acids is 2. The smallest absolute Gasteiger partial charge is 0.408 e. The Bertz CT molecular complexity index is 661. The highest BCUT2D eigenvalue weighted by atomic mass is 16.7. The van der Waals surface area contributed by atoms with Crippen LogP contribution >= 0.6 is 0 Å². The van der Waals surface area contributed by atoms with Crippen molar-refractivity contribution >= 4 is 12.0 Å². The Kier molecular flexibility index (Phi) is 8.43. The zero-order chi connectivity index (χ0) is 21.4. The number of carbonyl (C=O) groups is 2. The van der Waals surface area contributed by atoms with Crippen LogP contribution < -0.4 is 10.6 Å². The molecule has 1 heterocycles. The monoisotopic (exact) mass is 408 g/mol. The molecule has 1 aliphatic rings. The maximum Gasteiger partial charge on any atom is 0.408 e. The second-order valence-electron chi connectivity index (χ2n) is 7.83. The number of epoxide rings is 1. The van der Waals surface area contributed by atoms with Crippen molar-refractivity contribution in [3.63, 3.8) is 0 Å². The van der Waals surface area contributed by atoms with E-state index in [9.17, 15) is 9.59 Å². The second kappa shape index (κ2) is 10.6. The van der Waals surface area contributed by atoms with E-state index in [2.05, 4.69) is 10.6 Å². The first kappa shape index (κ1) is 23.1. The zero-order valence-electron chi connectivity index (χ0n) is 17.8. The molecular formula is C21H32N2O6. The van der Waals surface area contributed by atoms with E-state index in [-0.39, 0.29) is 12.5 Å². The summed E-state index contributed by atoms with van der Waals surface area (Å²) in [7, 11) is 0. The summed E-state index contributed by atoms with van der Waals surface area (Å²) in [6, 6.07) is 9.07. The van der Waals surface area contributed by atoms with Crippen LogP contribution in [0.3, 0.4) is 0 Å². The second-order valence-corrected chi connectivity index (χ2v) is 7.83. The maximum absolute atomic E-state index is 12.4. The van der Waals surface area contributed by atoms with Crippen LogP contribution in [0, 0.1) is 0 Å². The minimum absolute atomic E-state index is 0.132. The van der Waals surface area contributed by atoms with Crippen LogP contribution in [0.15, 0.2) is 30.3 Å². The molecule has 29 heavy (non-hydrogen) atoms. The van der Waals surface area contributed by atoms with Gasteiger partial charge in [0.15, 0.2) is 12.4 Å². The molecule has 8 heteroatoms. The molecule has 162 valence electrons. The van der Waals surface area contributed by atoms with Gasteiger partial charge in [0.05, 0.1) is 12.6 Å². The SMILES string of the molecule is CCOC(C)OC[C@@H](NC(=O)OC(C)(C)C)[C@H]1O[C@H]1C(=O)NCc1ccccc1. The maximum atomic E-state index is 12.4. The average molecular weight is 408 g/mol. The summed E-state index contributed by atoms with van der Waals surface area (Å²) >= 11 is 0. The lowest BCUT2D eigenvalue weighted by molar-refractivity contribution is -0.132. The van der Waals surface area contributed by atoms with Gasteiger partial charge in [0, 0.05) is 13.2 Å². The minimum Gasteiger partial charge on any atom is -0.444 e. The lowest BCUT2D eigenvalue weighted by Crippen LogP contribution is -2.46. The van der Waals surface area contributed by atoms with E-state index in [0.717, 1.165) is 5.56 Å². The standard InChI is InChI=1S/C21H32N2O6/c1-6-26-14(2)27-13-16(23-20(25)29-21(3,4)5)17-18(28-17)19(24)22-12-15-10-8-7-9-11-15/h7-11,14,16-18H,6,12-13H2,1-5H3,(H,22,24)(H,23,25)/t14?,16-,17-,18-/m1/s1. The first-order valence-electron chi connectivity index (χ1n) is 9.89. The van der Waals surface area contributed by atoms with Gasteiger partial charge >= 0.3 is 6.09 Å². The van der Waals surface area contributed by atoms with E-state index >= 15 is 0 Å². The number of hydrogen-bond donors (Lipinski definition) is 2. The van der Waals surface area contributed by atoms with Crippen molar-refractivity contribution in [1.82, 2.24) is 10.6 Å². The molecule has 0 bridgehead atoms. The molecule has 2 N–H and O–H groups in total. The largest absolute Gasteiger partial charge is 0.444 e. The lowest BCUT2D eigenvalue weighted by Gasteiger charge is -2.24. The van der Waals surface area contributed by atoms with E-state index in [1.165, 1.54) is 0 Å². The summed E-state index contributed by atoms with van der Waals surface area (Å²) < 4.78 is 21.8. The molecule has 1 aliphatic heterocycles. The topological polar surface area (TPSA) is 98.4 Å². The Morgan fingerprint density at radius 2 is 1.86 bits per heavy atom.